The van der Waals surface area contributed by atoms with Crippen molar-refractivity contribution in [3.8, 4) is 5.75 Å². The Hall–Kier alpha value is -1.07. The minimum Gasteiger partial charge on any atom is -0.507 e. The molecular formula is C14H19BrN2O2. The van der Waals surface area contributed by atoms with Gasteiger partial charge in [-0.15, -0.1) is 0 Å². The number of carbonyl (C=O) groups is 1. The Morgan fingerprint density at radius 3 is 2.58 bits per heavy atom. The van der Waals surface area contributed by atoms with Crippen LogP contribution in [0.5, 0.6) is 5.75 Å². The first-order valence-electron chi connectivity index (χ1n) is 6.49. The second kappa shape index (κ2) is 6.39. The number of benzene rings is 1. The number of amides is 1. The molecule has 19 heavy (non-hydrogen) atoms. The number of hydrogen-bond donors (Lipinski definition) is 1. The van der Waals surface area contributed by atoms with E-state index in [0.29, 0.717) is 5.56 Å². The van der Waals surface area contributed by atoms with Gasteiger partial charge < -0.3 is 10.0 Å². The quantitative estimate of drug-likeness (QED) is 0.862. The summed E-state index contributed by atoms with van der Waals surface area (Å²) in [5.74, 6) is 0.00359. The van der Waals surface area contributed by atoms with Crippen molar-refractivity contribution >= 4 is 21.8 Å². The Balaban J connectivity index is 2.01. The number of hydrogen-bond acceptors (Lipinski definition) is 3. The van der Waals surface area contributed by atoms with Gasteiger partial charge in [0, 0.05) is 38.1 Å². The summed E-state index contributed by atoms with van der Waals surface area (Å²) in [4.78, 5) is 16.5. The number of carbonyl (C=O) groups excluding carboxylic acids is 1. The van der Waals surface area contributed by atoms with Crippen molar-refractivity contribution in [1.29, 1.82) is 0 Å². The fourth-order valence-electron chi connectivity index (χ4n) is 2.29. The van der Waals surface area contributed by atoms with Crippen LogP contribution in [0, 0.1) is 6.92 Å². The van der Waals surface area contributed by atoms with E-state index in [2.05, 4.69) is 20.8 Å². The molecule has 0 radical (unpaired) electrons. The number of piperazine rings is 1. The minimum atomic E-state index is -0.0732. The molecule has 1 N–H and O–H groups in total. The normalized spacial score (nSPS) is 16.6. The van der Waals surface area contributed by atoms with Crippen molar-refractivity contribution in [3.05, 3.63) is 29.3 Å². The molecule has 2 rings (SSSR count). The molecule has 1 aromatic carbocycles. The highest BCUT2D eigenvalue weighted by Gasteiger charge is 2.23. The second-order valence-electron chi connectivity index (χ2n) is 4.84. The van der Waals surface area contributed by atoms with Crippen LogP contribution in [0.1, 0.15) is 15.9 Å². The first kappa shape index (κ1) is 14.3. The van der Waals surface area contributed by atoms with Crippen LogP contribution in [-0.4, -0.2) is 58.9 Å². The molecule has 0 bridgehead atoms. The molecule has 0 atom stereocenters. The fraction of sp³-hybridized carbons (Fsp3) is 0.500. The maximum absolute atomic E-state index is 12.3. The summed E-state index contributed by atoms with van der Waals surface area (Å²) in [6.07, 6.45) is 0. The van der Waals surface area contributed by atoms with Gasteiger partial charge in [-0.25, -0.2) is 0 Å². The highest BCUT2D eigenvalue weighted by molar-refractivity contribution is 9.09. The molecule has 104 valence electrons. The van der Waals surface area contributed by atoms with Gasteiger partial charge in [0.2, 0.25) is 0 Å². The molecule has 1 amide bonds. The smallest absolute Gasteiger partial charge is 0.257 e. The van der Waals surface area contributed by atoms with Crippen LogP contribution >= 0.6 is 15.9 Å². The average molecular weight is 327 g/mol. The van der Waals surface area contributed by atoms with E-state index in [9.17, 15) is 9.90 Å². The van der Waals surface area contributed by atoms with Gasteiger partial charge in [0.15, 0.2) is 0 Å². The Kier molecular flexibility index (Phi) is 4.82. The van der Waals surface area contributed by atoms with Gasteiger partial charge in [-0.1, -0.05) is 22.0 Å². The largest absolute Gasteiger partial charge is 0.507 e. The highest BCUT2D eigenvalue weighted by Crippen LogP contribution is 2.20. The third kappa shape index (κ3) is 3.48. The average Bonchev–Trinajstić information content (AvgIpc) is 2.39. The summed E-state index contributed by atoms with van der Waals surface area (Å²) in [6.45, 7) is 6.14. The van der Waals surface area contributed by atoms with Gasteiger partial charge in [0.1, 0.15) is 5.75 Å². The van der Waals surface area contributed by atoms with Gasteiger partial charge in [0.25, 0.3) is 5.91 Å². The highest BCUT2D eigenvalue weighted by atomic mass is 79.9. The summed E-state index contributed by atoms with van der Waals surface area (Å²) in [5, 5.41) is 10.8. The molecule has 0 aliphatic carbocycles. The van der Waals surface area contributed by atoms with E-state index in [1.165, 1.54) is 0 Å². The molecule has 0 unspecified atom stereocenters. The summed E-state index contributed by atoms with van der Waals surface area (Å²) in [6, 6.07) is 5.19. The molecule has 1 aromatic rings. The first-order chi connectivity index (χ1) is 9.11. The molecule has 0 spiro atoms. The molecule has 4 nitrogen and oxygen atoms in total. The van der Waals surface area contributed by atoms with Crippen LogP contribution in [0.15, 0.2) is 18.2 Å². The molecule has 1 aliphatic rings. The zero-order chi connectivity index (χ0) is 13.8. The molecule has 1 fully saturated rings. The molecule has 5 heteroatoms. The van der Waals surface area contributed by atoms with Crippen molar-refractivity contribution in [2.24, 2.45) is 0 Å². The van der Waals surface area contributed by atoms with Gasteiger partial charge in [-0.2, -0.15) is 0 Å². The Bertz CT molecular complexity index is 457. The Morgan fingerprint density at radius 1 is 1.32 bits per heavy atom. The van der Waals surface area contributed by atoms with Crippen molar-refractivity contribution in [2.45, 2.75) is 6.92 Å². The topological polar surface area (TPSA) is 43.8 Å². The summed E-state index contributed by atoms with van der Waals surface area (Å²) >= 11 is 3.43. The molecule has 1 saturated heterocycles. The predicted molar refractivity (Wildman–Crippen MR) is 79.0 cm³/mol. The lowest BCUT2D eigenvalue weighted by Gasteiger charge is -2.34. The van der Waals surface area contributed by atoms with E-state index in [-0.39, 0.29) is 11.7 Å². The number of aromatic hydroxyl groups is 1. The second-order valence-corrected chi connectivity index (χ2v) is 5.64. The number of nitrogens with zero attached hydrogens (tertiary/aromatic N) is 2. The lowest BCUT2D eigenvalue weighted by Crippen LogP contribution is -2.49. The van der Waals surface area contributed by atoms with Crippen molar-refractivity contribution in [2.75, 3.05) is 38.1 Å². The maximum atomic E-state index is 12.3. The van der Waals surface area contributed by atoms with E-state index < -0.39 is 0 Å². The van der Waals surface area contributed by atoms with Crippen LogP contribution < -0.4 is 0 Å². The van der Waals surface area contributed by atoms with Crippen LogP contribution in [0.25, 0.3) is 0 Å². The van der Waals surface area contributed by atoms with E-state index in [1.807, 2.05) is 17.9 Å². The van der Waals surface area contributed by atoms with E-state index in [0.717, 1.165) is 43.6 Å². The van der Waals surface area contributed by atoms with Crippen molar-refractivity contribution in [3.63, 3.8) is 0 Å². The lowest BCUT2D eigenvalue weighted by atomic mass is 10.1. The molecule has 0 aromatic heterocycles. The standard InChI is InChI=1S/C14H19BrN2O2/c1-11-2-3-12(13(18)10-11)14(19)17-8-6-16(5-4-15)7-9-17/h2-3,10,18H,4-9H2,1H3. The summed E-state index contributed by atoms with van der Waals surface area (Å²) < 4.78 is 0. The SMILES string of the molecule is Cc1ccc(C(=O)N2CCN(CCBr)CC2)c(O)c1. The number of alkyl halides is 1. The van der Waals surface area contributed by atoms with Gasteiger partial charge in [-0.3, -0.25) is 9.69 Å². The van der Waals surface area contributed by atoms with Crippen LogP contribution in [-0.2, 0) is 0 Å². The summed E-state index contributed by atoms with van der Waals surface area (Å²) in [5.41, 5.74) is 1.36. The molecule has 1 heterocycles. The molecule has 0 saturated carbocycles. The van der Waals surface area contributed by atoms with E-state index in [4.69, 9.17) is 0 Å². The third-order valence-electron chi connectivity index (χ3n) is 3.44. The number of aryl methyl sites for hydroxylation is 1. The zero-order valence-electron chi connectivity index (χ0n) is 11.1. The lowest BCUT2D eigenvalue weighted by molar-refractivity contribution is 0.0642. The fourth-order valence-corrected chi connectivity index (χ4v) is 2.79. The number of phenolic OH excluding ortho intramolecular Hbond substituents is 1. The van der Waals surface area contributed by atoms with Crippen molar-refractivity contribution in [1.82, 2.24) is 9.80 Å². The first-order valence-corrected chi connectivity index (χ1v) is 7.61. The van der Waals surface area contributed by atoms with Crippen LogP contribution in [0.2, 0.25) is 0 Å². The van der Waals surface area contributed by atoms with Crippen molar-refractivity contribution < 1.29 is 9.90 Å². The monoisotopic (exact) mass is 326 g/mol. The van der Waals surface area contributed by atoms with E-state index in [1.54, 1.807) is 12.1 Å². The number of halogens is 1. The third-order valence-corrected chi connectivity index (χ3v) is 3.80. The van der Waals surface area contributed by atoms with Crippen LogP contribution in [0.3, 0.4) is 0 Å². The van der Waals surface area contributed by atoms with Gasteiger partial charge >= 0.3 is 0 Å². The number of phenols is 1. The van der Waals surface area contributed by atoms with E-state index >= 15 is 0 Å². The summed E-state index contributed by atoms with van der Waals surface area (Å²) in [7, 11) is 0. The van der Waals surface area contributed by atoms with Gasteiger partial charge in [0.05, 0.1) is 5.56 Å². The zero-order valence-corrected chi connectivity index (χ0v) is 12.7. The predicted octanol–water partition coefficient (Wildman–Crippen LogP) is 1.85. The van der Waals surface area contributed by atoms with Crippen LogP contribution in [0.4, 0.5) is 0 Å². The Morgan fingerprint density at radius 2 is 2.00 bits per heavy atom. The minimum absolute atomic E-state index is 0.0732. The Labute approximate surface area is 122 Å². The number of rotatable bonds is 3. The molecular weight excluding hydrogens is 308 g/mol. The van der Waals surface area contributed by atoms with Gasteiger partial charge in [-0.05, 0) is 24.6 Å². The molecule has 1 aliphatic heterocycles. The maximum Gasteiger partial charge on any atom is 0.257 e.